The van der Waals surface area contributed by atoms with Gasteiger partial charge in [0.15, 0.2) is 5.96 Å². The Kier molecular flexibility index (Phi) is 8.29. The van der Waals surface area contributed by atoms with E-state index >= 15 is 0 Å². The number of ether oxygens (including phenoxy) is 1. The van der Waals surface area contributed by atoms with Gasteiger partial charge in [-0.2, -0.15) is 0 Å². The molecule has 2 atom stereocenters. The van der Waals surface area contributed by atoms with Gasteiger partial charge in [0.25, 0.3) is 0 Å². The Morgan fingerprint density at radius 3 is 2.46 bits per heavy atom. The second-order valence-electron chi connectivity index (χ2n) is 7.88. The molecule has 2 rings (SSSR count). The number of esters is 1. The van der Waals surface area contributed by atoms with E-state index in [2.05, 4.69) is 36.0 Å². The van der Waals surface area contributed by atoms with Gasteiger partial charge in [0.2, 0.25) is 0 Å². The molecular weight excluding hydrogens is 417 g/mol. The summed E-state index contributed by atoms with van der Waals surface area (Å²) in [5.41, 5.74) is 0.277. The maximum atomic E-state index is 11.9. The smallest absolute Gasteiger partial charge is 0.310 e. The van der Waals surface area contributed by atoms with Gasteiger partial charge in [0.1, 0.15) is 0 Å². The van der Waals surface area contributed by atoms with Crippen molar-refractivity contribution in [2.75, 3.05) is 33.8 Å². The normalized spacial score (nSPS) is 25.5. The molecule has 1 saturated carbocycles. The number of methoxy groups -OCH3 is 1. The van der Waals surface area contributed by atoms with E-state index in [1.54, 1.807) is 0 Å². The molecule has 0 amide bonds. The van der Waals surface area contributed by atoms with Crippen molar-refractivity contribution in [1.29, 1.82) is 0 Å². The van der Waals surface area contributed by atoms with Crippen molar-refractivity contribution in [1.82, 2.24) is 10.2 Å². The van der Waals surface area contributed by atoms with Crippen molar-refractivity contribution in [2.45, 2.75) is 46.5 Å². The van der Waals surface area contributed by atoms with E-state index < -0.39 is 0 Å². The fraction of sp³-hybridized carbons (Fsp3) is 0.889. The zero-order valence-electron chi connectivity index (χ0n) is 15.8. The molecular formula is C18H34IN3O2. The first-order valence-corrected chi connectivity index (χ1v) is 8.92. The number of guanidine groups is 1. The molecule has 2 unspecified atom stereocenters. The van der Waals surface area contributed by atoms with Crippen molar-refractivity contribution in [3.8, 4) is 0 Å². The van der Waals surface area contributed by atoms with Gasteiger partial charge < -0.3 is 15.0 Å². The first-order valence-electron chi connectivity index (χ1n) is 8.92. The van der Waals surface area contributed by atoms with Crippen LogP contribution in [-0.4, -0.2) is 50.6 Å². The number of carbonyl (C=O) groups excluding carboxylic acids is 1. The van der Waals surface area contributed by atoms with Crippen molar-refractivity contribution in [2.24, 2.45) is 28.2 Å². The predicted molar refractivity (Wildman–Crippen MR) is 109 cm³/mol. The van der Waals surface area contributed by atoms with Crippen molar-refractivity contribution < 1.29 is 9.53 Å². The summed E-state index contributed by atoms with van der Waals surface area (Å²) in [6, 6.07) is 0. The van der Waals surface area contributed by atoms with Crippen LogP contribution in [0.25, 0.3) is 0 Å². The lowest BCUT2D eigenvalue weighted by Crippen LogP contribution is -2.45. The Morgan fingerprint density at radius 2 is 1.92 bits per heavy atom. The van der Waals surface area contributed by atoms with E-state index in [0.717, 1.165) is 25.0 Å². The molecule has 0 aromatic rings. The molecule has 140 valence electrons. The SMILES string of the molecule is CN=C(NCC(C)(C)C1CCCC1)N1CC(C)C(C(=O)OC)C1.I. The second kappa shape index (κ2) is 9.25. The number of hydrogen-bond acceptors (Lipinski definition) is 3. The van der Waals surface area contributed by atoms with Crippen LogP contribution in [0.15, 0.2) is 4.99 Å². The Labute approximate surface area is 164 Å². The number of carbonyl (C=O) groups is 1. The lowest BCUT2D eigenvalue weighted by molar-refractivity contribution is -0.145. The standard InChI is InChI=1S/C18H33N3O2.HI/c1-13-10-21(11-15(13)16(22)23-5)17(19-4)20-12-18(2,3)14-8-6-7-9-14;/h13-15H,6-12H2,1-5H3,(H,19,20);1H. The average Bonchev–Trinajstić information content (AvgIpc) is 3.17. The molecule has 2 aliphatic rings. The maximum absolute atomic E-state index is 11.9. The van der Waals surface area contributed by atoms with E-state index in [-0.39, 0.29) is 41.3 Å². The highest BCUT2D eigenvalue weighted by molar-refractivity contribution is 14.0. The fourth-order valence-corrected chi connectivity index (χ4v) is 4.09. The molecule has 0 spiro atoms. The van der Waals surface area contributed by atoms with E-state index in [0.29, 0.717) is 12.5 Å². The van der Waals surface area contributed by atoms with Crippen molar-refractivity contribution in [3.05, 3.63) is 0 Å². The molecule has 0 aromatic carbocycles. The van der Waals surface area contributed by atoms with Crippen molar-refractivity contribution >= 4 is 35.9 Å². The van der Waals surface area contributed by atoms with Gasteiger partial charge in [-0.05, 0) is 30.1 Å². The summed E-state index contributed by atoms with van der Waals surface area (Å²) >= 11 is 0. The maximum Gasteiger partial charge on any atom is 0.310 e. The van der Waals surface area contributed by atoms with Crippen molar-refractivity contribution in [3.63, 3.8) is 0 Å². The molecule has 24 heavy (non-hydrogen) atoms. The monoisotopic (exact) mass is 451 g/mol. The summed E-state index contributed by atoms with van der Waals surface area (Å²) in [5.74, 6) is 1.84. The lowest BCUT2D eigenvalue weighted by Gasteiger charge is -2.33. The molecule has 1 aliphatic carbocycles. The highest BCUT2D eigenvalue weighted by Crippen LogP contribution is 2.39. The predicted octanol–water partition coefficient (Wildman–Crippen LogP) is 3.14. The number of rotatable bonds is 4. The first kappa shape index (κ1) is 21.5. The fourth-order valence-electron chi connectivity index (χ4n) is 4.09. The van der Waals surface area contributed by atoms with Crippen LogP contribution >= 0.6 is 24.0 Å². The topological polar surface area (TPSA) is 53.9 Å². The minimum atomic E-state index is -0.110. The first-order chi connectivity index (χ1) is 10.9. The zero-order chi connectivity index (χ0) is 17.0. The summed E-state index contributed by atoms with van der Waals surface area (Å²) in [7, 11) is 3.29. The quantitative estimate of drug-likeness (QED) is 0.309. The number of aliphatic imine (C=N–C) groups is 1. The van der Waals surface area contributed by atoms with Crippen LogP contribution in [0.4, 0.5) is 0 Å². The van der Waals surface area contributed by atoms with Crippen LogP contribution in [0.1, 0.15) is 46.5 Å². The van der Waals surface area contributed by atoms with E-state index in [4.69, 9.17) is 4.74 Å². The van der Waals surface area contributed by atoms with Crippen LogP contribution in [0.5, 0.6) is 0 Å². The molecule has 1 aliphatic heterocycles. The lowest BCUT2D eigenvalue weighted by atomic mass is 9.78. The van der Waals surface area contributed by atoms with Crippen LogP contribution in [-0.2, 0) is 9.53 Å². The van der Waals surface area contributed by atoms with E-state index in [1.165, 1.54) is 32.8 Å². The van der Waals surface area contributed by atoms with Crippen LogP contribution in [0.3, 0.4) is 0 Å². The Bertz CT molecular complexity index is 448. The van der Waals surface area contributed by atoms with E-state index in [1.807, 2.05) is 7.05 Å². The molecule has 1 heterocycles. The summed E-state index contributed by atoms with van der Waals surface area (Å²) in [6.45, 7) is 9.29. The Balaban J connectivity index is 0.00000288. The summed E-state index contributed by atoms with van der Waals surface area (Å²) < 4.78 is 4.92. The minimum Gasteiger partial charge on any atom is -0.469 e. The molecule has 2 fully saturated rings. The number of nitrogens with one attached hydrogen (secondary N) is 1. The van der Waals surface area contributed by atoms with Crippen LogP contribution < -0.4 is 5.32 Å². The highest BCUT2D eigenvalue weighted by Gasteiger charge is 2.38. The number of halogens is 1. The van der Waals surface area contributed by atoms with E-state index in [9.17, 15) is 4.79 Å². The summed E-state index contributed by atoms with van der Waals surface area (Å²) in [4.78, 5) is 18.5. The molecule has 0 bridgehead atoms. The van der Waals surface area contributed by atoms with Gasteiger partial charge in [0, 0.05) is 26.7 Å². The molecule has 5 nitrogen and oxygen atoms in total. The number of likely N-dealkylation sites (tertiary alicyclic amines) is 1. The minimum absolute atomic E-state index is 0. The van der Waals surface area contributed by atoms with Gasteiger partial charge in [0.05, 0.1) is 13.0 Å². The third kappa shape index (κ3) is 4.99. The van der Waals surface area contributed by atoms with Crippen LogP contribution in [0.2, 0.25) is 0 Å². The van der Waals surface area contributed by atoms with Gasteiger partial charge in [-0.25, -0.2) is 0 Å². The third-order valence-corrected chi connectivity index (χ3v) is 5.79. The van der Waals surface area contributed by atoms with Gasteiger partial charge in [-0.1, -0.05) is 33.6 Å². The molecule has 1 N–H and O–H groups in total. The number of hydrogen-bond donors (Lipinski definition) is 1. The largest absolute Gasteiger partial charge is 0.469 e. The molecule has 1 saturated heterocycles. The molecule has 0 aromatic heterocycles. The molecule has 6 heteroatoms. The van der Waals surface area contributed by atoms with Crippen LogP contribution in [0, 0.1) is 23.2 Å². The number of nitrogens with zero attached hydrogens (tertiary/aromatic N) is 2. The van der Waals surface area contributed by atoms with Gasteiger partial charge in [-0.3, -0.25) is 9.79 Å². The Morgan fingerprint density at radius 1 is 1.29 bits per heavy atom. The summed E-state index contributed by atoms with van der Waals surface area (Å²) in [5, 5.41) is 3.55. The summed E-state index contributed by atoms with van der Waals surface area (Å²) in [6.07, 6.45) is 5.43. The Hall–Kier alpha value is -0.530. The zero-order valence-corrected chi connectivity index (χ0v) is 18.1. The van der Waals surface area contributed by atoms with Gasteiger partial charge in [-0.15, -0.1) is 24.0 Å². The van der Waals surface area contributed by atoms with Gasteiger partial charge >= 0.3 is 5.97 Å². The average molecular weight is 451 g/mol. The highest BCUT2D eigenvalue weighted by atomic mass is 127. The second-order valence-corrected chi connectivity index (χ2v) is 7.88. The molecule has 0 radical (unpaired) electrons. The third-order valence-electron chi connectivity index (χ3n) is 5.79.